The number of ether oxygens (including phenoxy) is 1. The Morgan fingerprint density at radius 1 is 1.10 bits per heavy atom. The number of nitrogens with one attached hydrogen (secondary N) is 1. The van der Waals surface area contributed by atoms with Crippen LogP contribution in [0.4, 0.5) is 0 Å². The second kappa shape index (κ2) is 7.58. The van der Waals surface area contributed by atoms with E-state index in [1.165, 1.54) is 0 Å². The van der Waals surface area contributed by atoms with E-state index in [1.807, 2.05) is 54.6 Å². The van der Waals surface area contributed by atoms with Crippen LogP contribution in [0.1, 0.15) is 11.1 Å². The fourth-order valence-corrected chi connectivity index (χ4v) is 1.80. The van der Waals surface area contributed by atoms with Crippen LogP contribution in [0.15, 0.2) is 60.9 Å². The first-order valence-corrected chi connectivity index (χ1v) is 6.58. The molecule has 0 spiro atoms. The third kappa shape index (κ3) is 4.30. The van der Waals surface area contributed by atoms with Gasteiger partial charge in [-0.05, 0) is 17.7 Å². The summed E-state index contributed by atoms with van der Waals surface area (Å²) in [5.41, 5.74) is 5.66. The second-order valence-electron chi connectivity index (χ2n) is 4.15. The highest BCUT2D eigenvalue weighted by atomic mass is 35.5. The second-order valence-corrected chi connectivity index (χ2v) is 4.59. The van der Waals surface area contributed by atoms with Crippen molar-refractivity contribution in [2.24, 2.45) is 0 Å². The maximum Gasteiger partial charge on any atom is 0.108 e. The van der Waals surface area contributed by atoms with Crippen molar-refractivity contribution >= 4 is 17.3 Å². The highest BCUT2D eigenvalue weighted by molar-refractivity contribution is 6.30. The van der Waals surface area contributed by atoms with Crippen molar-refractivity contribution in [1.82, 2.24) is 5.48 Å². The maximum atomic E-state index is 5.88. The molecule has 104 valence electrons. The number of hydroxylamine groups is 1. The van der Waals surface area contributed by atoms with E-state index in [1.54, 1.807) is 13.4 Å². The molecule has 0 bridgehead atoms. The molecule has 20 heavy (non-hydrogen) atoms. The van der Waals surface area contributed by atoms with Crippen molar-refractivity contribution in [3.63, 3.8) is 0 Å². The minimum absolute atomic E-state index is 0.468. The molecule has 0 aromatic heterocycles. The molecule has 0 atom stereocenters. The van der Waals surface area contributed by atoms with Crippen molar-refractivity contribution in [1.29, 1.82) is 0 Å². The first-order valence-electron chi connectivity index (χ1n) is 6.20. The monoisotopic (exact) mass is 289 g/mol. The van der Waals surface area contributed by atoms with Crippen molar-refractivity contribution in [2.75, 3.05) is 7.11 Å². The van der Waals surface area contributed by atoms with E-state index in [4.69, 9.17) is 21.2 Å². The Morgan fingerprint density at radius 2 is 1.80 bits per heavy atom. The predicted molar refractivity (Wildman–Crippen MR) is 80.8 cm³/mol. The van der Waals surface area contributed by atoms with Crippen LogP contribution in [0.25, 0.3) is 5.70 Å². The first-order chi connectivity index (χ1) is 9.79. The minimum Gasteiger partial charge on any atom is -0.502 e. The summed E-state index contributed by atoms with van der Waals surface area (Å²) in [7, 11) is 1.59. The zero-order valence-corrected chi connectivity index (χ0v) is 11.9. The summed E-state index contributed by atoms with van der Waals surface area (Å²) in [5.74, 6) is 0. The normalized spacial score (nSPS) is 11.2. The molecule has 0 aliphatic carbocycles. The molecule has 0 radical (unpaired) electrons. The van der Waals surface area contributed by atoms with E-state index in [0.717, 1.165) is 16.8 Å². The lowest BCUT2D eigenvalue weighted by atomic mass is 10.2. The number of benzene rings is 2. The van der Waals surface area contributed by atoms with Crippen LogP contribution < -0.4 is 5.48 Å². The summed E-state index contributed by atoms with van der Waals surface area (Å²) in [6, 6.07) is 17.4. The number of hydrogen-bond acceptors (Lipinski definition) is 3. The SMILES string of the molecule is COC=C(NOCc1ccccc1)c1ccc(Cl)cc1. The molecule has 2 aromatic carbocycles. The molecule has 3 nitrogen and oxygen atoms in total. The van der Waals surface area contributed by atoms with E-state index in [2.05, 4.69) is 5.48 Å². The smallest absolute Gasteiger partial charge is 0.108 e. The van der Waals surface area contributed by atoms with Gasteiger partial charge in [-0.1, -0.05) is 54.1 Å². The first kappa shape index (κ1) is 14.4. The largest absolute Gasteiger partial charge is 0.502 e. The Balaban J connectivity index is 1.96. The molecule has 0 amide bonds. The van der Waals surface area contributed by atoms with Crippen LogP contribution >= 0.6 is 11.6 Å². The van der Waals surface area contributed by atoms with Crippen molar-refractivity contribution in [3.05, 3.63) is 77.0 Å². The minimum atomic E-state index is 0.468. The molecule has 1 N–H and O–H groups in total. The van der Waals surface area contributed by atoms with Gasteiger partial charge in [-0.15, -0.1) is 0 Å². The molecule has 0 heterocycles. The van der Waals surface area contributed by atoms with Crippen LogP contribution in [-0.2, 0) is 16.2 Å². The zero-order valence-electron chi connectivity index (χ0n) is 11.2. The number of hydrogen-bond donors (Lipinski definition) is 1. The predicted octanol–water partition coefficient (Wildman–Crippen LogP) is 4.01. The third-order valence-corrected chi connectivity index (χ3v) is 2.91. The molecule has 0 unspecified atom stereocenters. The Kier molecular flexibility index (Phi) is 5.47. The summed E-state index contributed by atoms with van der Waals surface area (Å²) in [4.78, 5) is 5.49. The van der Waals surface area contributed by atoms with E-state index in [-0.39, 0.29) is 0 Å². The molecule has 4 heteroatoms. The third-order valence-electron chi connectivity index (χ3n) is 2.65. The summed E-state index contributed by atoms with van der Waals surface area (Å²) < 4.78 is 5.05. The summed E-state index contributed by atoms with van der Waals surface area (Å²) in [6.45, 7) is 0.468. The average molecular weight is 290 g/mol. The van der Waals surface area contributed by atoms with Gasteiger partial charge in [-0.25, -0.2) is 0 Å². The van der Waals surface area contributed by atoms with E-state index < -0.39 is 0 Å². The Bertz CT molecular complexity index is 552. The van der Waals surface area contributed by atoms with Gasteiger partial charge in [0.2, 0.25) is 0 Å². The standard InChI is InChI=1S/C16H16ClNO2/c1-19-12-16(14-7-9-15(17)10-8-14)18-20-11-13-5-3-2-4-6-13/h2-10,12,18H,11H2,1H3. The molecule has 0 aliphatic rings. The lowest BCUT2D eigenvalue weighted by Gasteiger charge is -2.11. The van der Waals surface area contributed by atoms with Crippen LogP contribution in [0, 0.1) is 0 Å². The topological polar surface area (TPSA) is 30.5 Å². The number of halogens is 1. The van der Waals surface area contributed by atoms with Gasteiger partial charge in [-0.3, -0.25) is 10.3 Å². The summed E-state index contributed by atoms with van der Waals surface area (Å²) >= 11 is 5.88. The van der Waals surface area contributed by atoms with Crippen molar-refractivity contribution in [2.45, 2.75) is 6.61 Å². The molecule has 0 aliphatic heterocycles. The van der Waals surface area contributed by atoms with Gasteiger partial charge in [0.1, 0.15) is 12.0 Å². The van der Waals surface area contributed by atoms with Gasteiger partial charge < -0.3 is 4.74 Å². The highest BCUT2D eigenvalue weighted by Crippen LogP contribution is 2.16. The van der Waals surface area contributed by atoms with Crippen LogP contribution in [0.2, 0.25) is 5.02 Å². The molecule has 0 saturated carbocycles. The lowest BCUT2D eigenvalue weighted by Crippen LogP contribution is -2.13. The van der Waals surface area contributed by atoms with Gasteiger partial charge in [-0.2, -0.15) is 0 Å². The van der Waals surface area contributed by atoms with Gasteiger partial charge in [0.25, 0.3) is 0 Å². The molecular weight excluding hydrogens is 274 g/mol. The van der Waals surface area contributed by atoms with Crippen LogP contribution in [0.5, 0.6) is 0 Å². The van der Waals surface area contributed by atoms with Crippen molar-refractivity contribution in [3.8, 4) is 0 Å². The quantitative estimate of drug-likeness (QED) is 0.644. The number of methoxy groups -OCH3 is 1. The molecule has 0 saturated heterocycles. The van der Waals surface area contributed by atoms with Crippen LogP contribution in [0.3, 0.4) is 0 Å². The molecular formula is C16H16ClNO2. The van der Waals surface area contributed by atoms with Gasteiger partial charge >= 0.3 is 0 Å². The van der Waals surface area contributed by atoms with E-state index in [0.29, 0.717) is 11.6 Å². The van der Waals surface area contributed by atoms with Crippen LogP contribution in [-0.4, -0.2) is 7.11 Å². The van der Waals surface area contributed by atoms with Gasteiger partial charge in [0.05, 0.1) is 13.7 Å². The van der Waals surface area contributed by atoms with Gasteiger partial charge in [0.15, 0.2) is 0 Å². The molecule has 2 aromatic rings. The lowest BCUT2D eigenvalue weighted by molar-refractivity contribution is 0.0632. The molecule has 0 fully saturated rings. The highest BCUT2D eigenvalue weighted by Gasteiger charge is 2.02. The zero-order chi connectivity index (χ0) is 14.2. The summed E-state index contributed by atoms with van der Waals surface area (Å²) in [5, 5.41) is 0.690. The average Bonchev–Trinajstić information content (AvgIpc) is 2.48. The summed E-state index contributed by atoms with van der Waals surface area (Å²) in [6.07, 6.45) is 1.59. The van der Waals surface area contributed by atoms with E-state index >= 15 is 0 Å². The Labute approximate surface area is 123 Å². The van der Waals surface area contributed by atoms with Gasteiger partial charge in [0, 0.05) is 10.6 Å². The fourth-order valence-electron chi connectivity index (χ4n) is 1.67. The van der Waals surface area contributed by atoms with Crippen molar-refractivity contribution < 1.29 is 9.57 Å². The number of rotatable bonds is 6. The molecule has 2 rings (SSSR count). The Morgan fingerprint density at radius 3 is 2.45 bits per heavy atom. The maximum absolute atomic E-state index is 5.88. The fraction of sp³-hybridized carbons (Fsp3) is 0.125. The van der Waals surface area contributed by atoms with E-state index in [9.17, 15) is 0 Å². The Hall–Kier alpha value is -1.97.